The molecule has 1 atom stereocenters. The van der Waals surface area contributed by atoms with Crippen LogP contribution in [0.25, 0.3) is 0 Å². The summed E-state index contributed by atoms with van der Waals surface area (Å²) in [6.45, 7) is 5.87. The molecule has 0 fully saturated rings. The molecule has 0 aliphatic carbocycles. The maximum absolute atomic E-state index is 5.58. The molecule has 0 unspecified atom stereocenters. The maximum atomic E-state index is 5.58. The highest BCUT2D eigenvalue weighted by atomic mass is 16.5. The van der Waals surface area contributed by atoms with E-state index in [9.17, 15) is 0 Å². The van der Waals surface area contributed by atoms with E-state index in [1.807, 2.05) is 24.4 Å². The molecule has 1 aromatic heterocycles. The van der Waals surface area contributed by atoms with E-state index in [1.54, 1.807) is 6.20 Å². The van der Waals surface area contributed by atoms with Gasteiger partial charge in [0.2, 0.25) is 0 Å². The van der Waals surface area contributed by atoms with Gasteiger partial charge in [-0.05, 0) is 42.7 Å². The minimum atomic E-state index is 0.291. The van der Waals surface area contributed by atoms with Crippen molar-refractivity contribution in [2.75, 3.05) is 6.61 Å². The Morgan fingerprint density at radius 2 is 2.00 bits per heavy atom. The van der Waals surface area contributed by atoms with Gasteiger partial charge in [-0.1, -0.05) is 25.1 Å². The number of nitrogens with zero attached hydrogens (tertiary/aromatic N) is 1. The molecule has 3 heteroatoms. The summed E-state index contributed by atoms with van der Waals surface area (Å²) >= 11 is 0. The van der Waals surface area contributed by atoms with Crippen molar-refractivity contribution in [1.82, 2.24) is 10.3 Å². The quantitative estimate of drug-likeness (QED) is 0.832. The molecule has 106 valence electrons. The molecule has 0 spiro atoms. The number of pyridine rings is 1. The largest absolute Gasteiger partial charge is 0.494 e. The second-order valence-electron chi connectivity index (χ2n) is 4.88. The van der Waals surface area contributed by atoms with Crippen molar-refractivity contribution in [2.24, 2.45) is 0 Å². The van der Waals surface area contributed by atoms with E-state index in [4.69, 9.17) is 4.74 Å². The van der Waals surface area contributed by atoms with Gasteiger partial charge in [0.1, 0.15) is 5.75 Å². The van der Waals surface area contributed by atoms with Crippen molar-refractivity contribution in [3.05, 3.63) is 59.9 Å². The first-order valence-corrected chi connectivity index (χ1v) is 7.14. The lowest BCUT2D eigenvalue weighted by atomic mass is 10.1. The fourth-order valence-electron chi connectivity index (χ4n) is 1.94. The van der Waals surface area contributed by atoms with Crippen LogP contribution in [0.2, 0.25) is 0 Å². The van der Waals surface area contributed by atoms with E-state index in [2.05, 4.69) is 42.3 Å². The van der Waals surface area contributed by atoms with E-state index in [0.29, 0.717) is 6.04 Å². The van der Waals surface area contributed by atoms with Crippen molar-refractivity contribution in [2.45, 2.75) is 32.9 Å². The fourth-order valence-corrected chi connectivity index (χ4v) is 1.94. The van der Waals surface area contributed by atoms with E-state index in [0.717, 1.165) is 25.3 Å². The molecule has 1 aromatic carbocycles. The number of nitrogens with one attached hydrogen (secondary N) is 1. The number of ether oxygens (including phenoxy) is 1. The predicted octanol–water partition coefficient (Wildman–Crippen LogP) is 3.72. The van der Waals surface area contributed by atoms with Crippen molar-refractivity contribution < 1.29 is 4.74 Å². The van der Waals surface area contributed by atoms with Gasteiger partial charge in [-0.15, -0.1) is 0 Å². The average molecular weight is 270 g/mol. The summed E-state index contributed by atoms with van der Waals surface area (Å²) in [5.41, 5.74) is 2.46. The zero-order chi connectivity index (χ0) is 14.2. The van der Waals surface area contributed by atoms with Crippen LogP contribution in [0, 0.1) is 0 Å². The zero-order valence-corrected chi connectivity index (χ0v) is 12.2. The van der Waals surface area contributed by atoms with Crippen LogP contribution in [0.5, 0.6) is 5.75 Å². The normalized spacial score (nSPS) is 12.1. The smallest absolute Gasteiger partial charge is 0.119 e. The highest BCUT2D eigenvalue weighted by Gasteiger charge is 2.04. The first-order chi connectivity index (χ1) is 9.79. The van der Waals surface area contributed by atoms with Crippen molar-refractivity contribution in [1.29, 1.82) is 0 Å². The molecular formula is C17H22N2O. The number of hydrogen-bond donors (Lipinski definition) is 1. The molecule has 0 aliphatic heterocycles. The molecule has 1 N–H and O–H groups in total. The molecule has 0 radical (unpaired) electrons. The van der Waals surface area contributed by atoms with E-state index < -0.39 is 0 Å². The molecular weight excluding hydrogens is 248 g/mol. The number of hydrogen-bond acceptors (Lipinski definition) is 3. The second-order valence-corrected chi connectivity index (χ2v) is 4.88. The Kier molecular flexibility index (Phi) is 5.56. The van der Waals surface area contributed by atoms with Gasteiger partial charge in [-0.3, -0.25) is 4.98 Å². The van der Waals surface area contributed by atoms with Gasteiger partial charge in [-0.25, -0.2) is 0 Å². The average Bonchev–Trinajstić information content (AvgIpc) is 2.52. The Labute approximate surface area is 121 Å². The number of rotatable bonds is 7. The Balaban J connectivity index is 1.84. The Morgan fingerprint density at radius 1 is 1.20 bits per heavy atom. The monoisotopic (exact) mass is 270 g/mol. The van der Waals surface area contributed by atoms with Crippen LogP contribution in [0.15, 0.2) is 48.8 Å². The Hall–Kier alpha value is -1.87. The summed E-state index contributed by atoms with van der Waals surface area (Å²) in [5.74, 6) is 0.941. The second kappa shape index (κ2) is 7.65. The third-order valence-electron chi connectivity index (χ3n) is 3.19. The van der Waals surface area contributed by atoms with E-state index in [1.165, 1.54) is 11.1 Å². The molecule has 0 aliphatic rings. The molecule has 0 saturated heterocycles. The predicted molar refractivity (Wildman–Crippen MR) is 81.7 cm³/mol. The minimum absolute atomic E-state index is 0.291. The summed E-state index contributed by atoms with van der Waals surface area (Å²) in [7, 11) is 0. The highest BCUT2D eigenvalue weighted by molar-refractivity contribution is 5.27. The van der Waals surface area contributed by atoms with Gasteiger partial charge >= 0.3 is 0 Å². The van der Waals surface area contributed by atoms with Crippen LogP contribution in [0.3, 0.4) is 0 Å². The maximum Gasteiger partial charge on any atom is 0.119 e. The van der Waals surface area contributed by atoms with Crippen molar-refractivity contribution in [3.8, 4) is 5.75 Å². The lowest BCUT2D eigenvalue weighted by molar-refractivity contribution is 0.317. The van der Waals surface area contributed by atoms with Gasteiger partial charge < -0.3 is 10.1 Å². The van der Waals surface area contributed by atoms with Crippen molar-refractivity contribution >= 4 is 0 Å². The molecule has 20 heavy (non-hydrogen) atoms. The Bertz CT molecular complexity index is 496. The van der Waals surface area contributed by atoms with Crippen LogP contribution in [-0.4, -0.2) is 11.6 Å². The molecule has 3 nitrogen and oxygen atoms in total. The third kappa shape index (κ3) is 4.35. The van der Waals surface area contributed by atoms with Crippen LogP contribution in [0.4, 0.5) is 0 Å². The SMILES string of the molecule is CCCOc1ccc(CN[C@@H](C)c2cccnc2)cc1. The minimum Gasteiger partial charge on any atom is -0.494 e. The highest BCUT2D eigenvalue weighted by Crippen LogP contribution is 2.14. The zero-order valence-electron chi connectivity index (χ0n) is 12.2. The summed E-state index contributed by atoms with van der Waals surface area (Å²) < 4.78 is 5.58. The first kappa shape index (κ1) is 14.5. The lowest BCUT2D eigenvalue weighted by Crippen LogP contribution is -2.18. The summed E-state index contributed by atoms with van der Waals surface area (Å²) in [6, 6.07) is 12.6. The molecule has 2 rings (SSSR count). The van der Waals surface area contributed by atoms with Gasteiger partial charge in [-0.2, -0.15) is 0 Å². The van der Waals surface area contributed by atoms with E-state index >= 15 is 0 Å². The summed E-state index contributed by atoms with van der Waals surface area (Å²) in [4.78, 5) is 4.14. The summed E-state index contributed by atoms with van der Waals surface area (Å²) in [6.07, 6.45) is 4.73. The number of benzene rings is 1. The van der Waals surface area contributed by atoms with Crippen LogP contribution in [-0.2, 0) is 6.54 Å². The molecule has 2 aromatic rings. The molecule has 0 amide bonds. The van der Waals surface area contributed by atoms with Crippen molar-refractivity contribution in [3.63, 3.8) is 0 Å². The third-order valence-corrected chi connectivity index (χ3v) is 3.19. The van der Waals surface area contributed by atoms with Crippen LogP contribution in [0.1, 0.15) is 37.4 Å². The summed E-state index contributed by atoms with van der Waals surface area (Å²) in [5, 5.41) is 3.50. The lowest BCUT2D eigenvalue weighted by Gasteiger charge is -2.14. The van der Waals surface area contributed by atoms with E-state index in [-0.39, 0.29) is 0 Å². The van der Waals surface area contributed by atoms with Gasteiger partial charge in [0.15, 0.2) is 0 Å². The van der Waals surface area contributed by atoms with Gasteiger partial charge in [0.05, 0.1) is 6.61 Å². The molecule has 0 bridgehead atoms. The van der Waals surface area contributed by atoms with Crippen LogP contribution < -0.4 is 10.1 Å². The Morgan fingerprint density at radius 3 is 2.65 bits per heavy atom. The molecule has 1 heterocycles. The van der Waals surface area contributed by atoms with Gasteiger partial charge in [0, 0.05) is 25.0 Å². The first-order valence-electron chi connectivity index (χ1n) is 7.14. The standard InChI is InChI=1S/C17H22N2O/c1-3-11-20-17-8-6-15(7-9-17)12-19-14(2)16-5-4-10-18-13-16/h4-10,13-14,19H,3,11-12H2,1-2H3/t14-/m0/s1. The fraction of sp³-hybridized carbons (Fsp3) is 0.353. The number of aromatic nitrogens is 1. The molecule has 0 saturated carbocycles. The van der Waals surface area contributed by atoms with Gasteiger partial charge in [0.25, 0.3) is 0 Å². The topological polar surface area (TPSA) is 34.1 Å². The van der Waals surface area contributed by atoms with Crippen LogP contribution >= 0.6 is 0 Å².